The first-order chi connectivity index (χ1) is 7.09. The normalized spacial score (nSPS) is 13.0. The molecule has 0 fully saturated rings. The number of carbonyl (C=O) groups excluding carboxylic acids is 1. The van der Waals surface area contributed by atoms with Crippen molar-refractivity contribution in [3.05, 3.63) is 22.2 Å². The van der Waals surface area contributed by atoms with Gasteiger partial charge in [0.2, 0.25) is 6.79 Å². The predicted molar refractivity (Wildman–Crippen MR) is 56.7 cm³/mol. The van der Waals surface area contributed by atoms with Gasteiger partial charge in [0, 0.05) is 12.0 Å². The zero-order valence-corrected chi connectivity index (χ0v) is 9.35. The molecule has 1 aliphatic rings. The Morgan fingerprint density at radius 1 is 1.53 bits per heavy atom. The van der Waals surface area contributed by atoms with Crippen LogP contribution in [0, 0.1) is 6.92 Å². The highest BCUT2D eigenvalue weighted by molar-refractivity contribution is 6.32. The third-order valence-electron chi connectivity index (χ3n) is 2.34. The maximum Gasteiger partial charge on any atom is 0.231 e. The fourth-order valence-electron chi connectivity index (χ4n) is 1.65. The van der Waals surface area contributed by atoms with Crippen molar-refractivity contribution in [1.82, 2.24) is 0 Å². The summed E-state index contributed by atoms with van der Waals surface area (Å²) < 4.78 is 10.5. The molecule has 1 aromatic rings. The van der Waals surface area contributed by atoms with Crippen LogP contribution in [0.2, 0.25) is 5.02 Å². The number of rotatable bonds is 2. The van der Waals surface area contributed by atoms with Crippen LogP contribution in [0.15, 0.2) is 6.07 Å². The first-order valence-corrected chi connectivity index (χ1v) is 5.04. The van der Waals surface area contributed by atoms with Crippen molar-refractivity contribution in [2.24, 2.45) is 0 Å². The van der Waals surface area contributed by atoms with E-state index in [0.29, 0.717) is 22.9 Å². The average Bonchev–Trinajstić information content (AvgIpc) is 2.61. The highest BCUT2D eigenvalue weighted by Crippen LogP contribution is 2.41. The van der Waals surface area contributed by atoms with E-state index in [1.165, 1.54) is 6.92 Å². The maximum absolute atomic E-state index is 11.0. The second kappa shape index (κ2) is 3.74. The topological polar surface area (TPSA) is 35.5 Å². The Morgan fingerprint density at radius 2 is 2.27 bits per heavy atom. The summed E-state index contributed by atoms with van der Waals surface area (Å²) in [6, 6.07) is 1.78. The number of hydrogen-bond acceptors (Lipinski definition) is 3. The highest BCUT2D eigenvalue weighted by atomic mass is 35.5. The van der Waals surface area contributed by atoms with E-state index in [0.717, 1.165) is 11.1 Å². The Balaban J connectivity index is 2.49. The number of halogens is 1. The minimum Gasteiger partial charge on any atom is -0.454 e. The van der Waals surface area contributed by atoms with Crippen LogP contribution in [0.25, 0.3) is 0 Å². The van der Waals surface area contributed by atoms with E-state index < -0.39 is 0 Å². The van der Waals surface area contributed by atoms with Crippen molar-refractivity contribution in [1.29, 1.82) is 0 Å². The first-order valence-electron chi connectivity index (χ1n) is 4.66. The average molecular weight is 227 g/mol. The highest BCUT2D eigenvalue weighted by Gasteiger charge is 2.21. The Bertz CT molecular complexity index is 426. The van der Waals surface area contributed by atoms with Gasteiger partial charge in [0.1, 0.15) is 5.78 Å². The number of ketones is 1. The molecule has 0 aromatic heterocycles. The molecule has 0 bridgehead atoms. The zero-order valence-electron chi connectivity index (χ0n) is 8.59. The number of carbonyl (C=O) groups is 1. The third kappa shape index (κ3) is 1.79. The van der Waals surface area contributed by atoms with Gasteiger partial charge in [-0.2, -0.15) is 0 Å². The molecule has 0 atom stereocenters. The maximum atomic E-state index is 11.0. The molecule has 0 N–H and O–H groups in total. The van der Waals surface area contributed by atoms with Crippen LogP contribution >= 0.6 is 11.6 Å². The summed E-state index contributed by atoms with van der Waals surface area (Å²) in [6.45, 7) is 3.62. The molecule has 0 saturated heterocycles. The minimum atomic E-state index is 0.0789. The van der Waals surface area contributed by atoms with Crippen molar-refractivity contribution in [3.8, 4) is 11.5 Å². The van der Waals surface area contributed by atoms with Gasteiger partial charge >= 0.3 is 0 Å². The smallest absolute Gasteiger partial charge is 0.231 e. The first kappa shape index (κ1) is 10.3. The molecule has 15 heavy (non-hydrogen) atoms. The van der Waals surface area contributed by atoms with Crippen LogP contribution in [0.4, 0.5) is 0 Å². The van der Waals surface area contributed by atoms with Gasteiger partial charge in [0.05, 0.1) is 5.02 Å². The fraction of sp³-hybridized carbons (Fsp3) is 0.364. The summed E-state index contributed by atoms with van der Waals surface area (Å²) in [5.74, 6) is 1.44. The fourth-order valence-corrected chi connectivity index (χ4v) is 1.85. The molecule has 2 rings (SSSR count). The molecule has 0 amide bonds. The predicted octanol–water partition coefficient (Wildman–Crippen LogP) is 2.51. The van der Waals surface area contributed by atoms with Crippen molar-refractivity contribution in [2.75, 3.05) is 6.79 Å². The van der Waals surface area contributed by atoms with Crippen LogP contribution < -0.4 is 9.47 Å². The molecule has 0 radical (unpaired) electrons. The van der Waals surface area contributed by atoms with Gasteiger partial charge in [-0.3, -0.25) is 4.79 Å². The lowest BCUT2D eigenvalue weighted by Gasteiger charge is -2.08. The Kier molecular flexibility index (Phi) is 2.57. The second-order valence-corrected chi connectivity index (χ2v) is 3.97. The van der Waals surface area contributed by atoms with E-state index in [-0.39, 0.29) is 12.6 Å². The molecule has 1 aliphatic heterocycles. The van der Waals surface area contributed by atoms with Crippen LogP contribution in [0.3, 0.4) is 0 Å². The Labute approximate surface area is 92.9 Å². The molecule has 0 saturated carbocycles. The van der Waals surface area contributed by atoms with Crippen molar-refractivity contribution in [3.63, 3.8) is 0 Å². The van der Waals surface area contributed by atoms with Gasteiger partial charge in [-0.25, -0.2) is 0 Å². The van der Waals surface area contributed by atoms with Crippen LogP contribution in [0.5, 0.6) is 11.5 Å². The standard InChI is InChI=1S/C11H11ClO3/c1-6(13)3-8-4-9-11(15-5-14-9)7(2)10(8)12/h4H,3,5H2,1-2H3. The second-order valence-electron chi connectivity index (χ2n) is 3.59. The summed E-state index contributed by atoms with van der Waals surface area (Å²) >= 11 is 6.13. The molecule has 0 aliphatic carbocycles. The van der Waals surface area contributed by atoms with E-state index in [1.54, 1.807) is 6.07 Å². The number of fused-ring (bicyclic) bond motifs is 1. The molecular weight excluding hydrogens is 216 g/mol. The van der Waals surface area contributed by atoms with Gasteiger partial charge < -0.3 is 9.47 Å². The van der Waals surface area contributed by atoms with Gasteiger partial charge in [-0.15, -0.1) is 0 Å². The number of hydrogen-bond donors (Lipinski definition) is 0. The van der Waals surface area contributed by atoms with E-state index in [1.807, 2.05) is 6.92 Å². The van der Waals surface area contributed by atoms with Gasteiger partial charge in [0.15, 0.2) is 11.5 Å². The van der Waals surface area contributed by atoms with E-state index in [4.69, 9.17) is 21.1 Å². The number of benzene rings is 1. The van der Waals surface area contributed by atoms with Crippen LogP contribution in [-0.4, -0.2) is 12.6 Å². The third-order valence-corrected chi connectivity index (χ3v) is 2.86. The molecule has 1 heterocycles. The molecule has 1 aromatic carbocycles. The molecule has 0 spiro atoms. The monoisotopic (exact) mass is 226 g/mol. The summed E-state index contributed by atoms with van der Waals surface area (Å²) in [5, 5.41) is 0.592. The SMILES string of the molecule is CC(=O)Cc1cc2c(c(C)c1Cl)OCO2. The van der Waals surface area contributed by atoms with Crippen molar-refractivity contribution < 1.29 is 14.3 Å². The number of ether oxygens (including phenoxy) is 2. The lowest BCUT2D eigenvalue weighted by Crippen LogP contribution is -1.98. The summed E-state index contributed by atoms with van der Waals surface area (Å²) in [4.78, 5) is 11.0. The summed E-state index contributed by atoms with van der Waals surface area (Å²) in [7, 11) is 0. The summed E-state index contributed by atoms with van der Waals surface area (Å²) in [5.41, 5.74) is 1.63. The zero-order chi connectivity index (χ0) is 11.0. The quantitative estimate of drug-likeness (QED) is 0.777. The van der Waals surface area contributed by atoms with Gasteiger partial charge in [-0.1, -0.05) is 11.6 Å². The molecule has 80 valence electrons. The minimum absolute atomic E-state index is 0.0789. The Hall–Kier alpha value is -1.22. The van der Waals surface area contributed by atoms with Crippen molar-refractivity contribution >= 4 is 17.4 Å². The Morgan fingerprint density at radius 3 is 2.93 bits per heavy atom. The molecule has 3 nitrogen and oxygen atoms in total. The molecule has 4 heteroatoms. The largest absolute Gasteiger partial charge is 0.454 e. The van der Waals surface area contributed by atoms with Gasteiger partial charge in [0.25, 0.3) is 0 Å². The summed E-state index contributed by atoms with van der Waals surface area (Å²) in [6.07, 6.45) is 0.330. The van der Waals surface area contributed by atoms with E-state index >= 15 is 0 Å². The van der Waals surface area contributed by atoms with Crippen LogP contribution in [0.1, 0.15) is 18.1 Å². The van der Waals surface area contributed by atoms with Gasteiger partial charge in [-0.05, 0) is 25.5 Å². The van der Waals surface area contributed by atoms with E-state index in [9.17, 15) is 4.79 Å². The lowest BCUT2D eigenvalue weighted by atomic mass is 10.1. The number of Topliss-reactive ketones (excluding diaryl/α,β-unsaturated/α-hetero) is 1. The van der Waals surface area contributed by atoms with E-state index in [2.05, 4.69) is 0 Å². The van der Waals surface area contributed by atoms with Crippen molar-refractivity contribution in [2.45, 2.75) is 20.3 Å². The van der Waals surface area contributed by atoms with Crippen LogP contribution in [-0.2, 0) is 11.2 Å². The lowest BCUT2D eigenvalue weighted by molar-refractivity contribution is -0.116. The molecule has 0 unspecified atom stereocenters. The molecular formula is C11H11ClO3.